The van der Waals surface area contributed by atoms with Crippen LogP contribution >= 0.6 is 12.2 Å². The van der Waals surface area contributed by atoms with Crippen molar-refractivity contribution in [1.29, 1.82) is 0 Å². The van der Waals surface area contributed by atoms with Crippen LogP contribution in [0.3, 0.4) is 0 Å². The first-order chi connectivity index (χ1) is 15.1. The number of pyridine rings is 1. The number of furan rings is 1. The molecular weight excluding hydrogens is 414 g/mol. The molecule has 3 heterocycles. The summed E-state index contributed by atoms with van der Waals surface area (Å²) < 4.78 is 16.4. The van der Waals surface area contributed by atoms with Gasteiger partial charge in [-0.25, -0.2) is 4.79 Å². The van der Waals surface area contributed by atoms with Crippen molar-refractivity contribution in [2.45, 2.75) is 12.1 Å². The van der Waals surface area contributed by atoms with E-state index in [2.05, 4.69) is 15.2 Å². The number of carbonyl (C=O) groups excluding carboxylic acids is 1. The highest BCUT2D eigenvalue weighted by molar-refractivity contribution is 7.80. The van der Waals surface area contributed by atoms with E-state index in [1.54, 1.807) is 31.5 Å². The molecule has 7 nitrogen and oxygen atoms in total. The fourth-order valence-electron chi connectivity index (χ4n) is 3.73. The van der Waals surface area contributed by atoms with E-state index < -0.39 is 0 Å². The molecule has 2 atom stereocenters. The summed E-state index contributed by atoms with van der Waals surface area (Å²) in [6.45, 7) is 1.15. The van der Waals surface area contributed by atoms with E-state index >= 15 is 0 Å². The van der Waals surface area contributed by atoms with E-state index in [9.17, 15) is 4.79 Å². The van der Waals surface area contributed by atoms with E-state index in [1.807, 2.05) is 36.4 Å². The maximum absolute atomic E-state index is 11.9. The standard InChI is InChI=1S/C23H23N3O4S/c1-28-13-12-26-21(20(25-23(26)31)17-8-3-4-11-24-17)19-10-9-18(30-19)15-6-5-7-16(14-15)22(27)29-2/h3-11,14,20-21H,12-13H2,1-2H3,(H,25,31)/t20-,21-/m0/s1. The molecular formula is C23H23N3O4S. The number of hydrogen-bond acceptors (Lipinski definition) is 6. The van der Waals surface area contributed by atoms with Crippen molar-refractivity contribution in [1.82, 2.24) is 15.2 Å². The number of esters is 1. The van der Waals surface area contributed by atoms with Gasteiger partial charge < -0.3 is 24.1 Å². The maximum Gasteiger partial charge on any atom is 0.337 e. The van der Waals surface area contributed by atoms with Crippen LogP contribution in [-0.4, -0.2) is 48.3 Å². The van der Waals surface area contributed by atoms with Crippen LogP contribution in [0.4, 0.5) is 0 Å². The number of ether oxygens (including phenoxy) is 2. The lowest BCUT2D eigenvalue weighted by Gasteiger charge is -2.25. The van der Waals surface area contributed by atoms with Crippen molar-refractivity contribution in [3.8, 4) is 11.3 Å². The molecule has 1 aliphatic heterocycles. The fourth-order valence-corrected chi connectivity index (χ4v) is 4.06. The molecule has 0 radical (unpaired) electrons. The second-order valence-electron chi connectivity index (χ2n) is 7.09. The molecule has 1 aliphatic rings. The minimum Gasteiger partial charge on any atom is -0.465 e. The lowest BCUT2D eigenvalue weighted by molar-refractivity contribution is 0.0601. The molecule has 3 aromatic rings. The Hall–Kier alpha value is -3.23. The van der Waals surface area contributed by atoms with Crippen LogP contribution in [0, 0.1) is 0 Å². The van der Waals surface area contributed by atoms with E-state index in [0.29, 0.717) is 29.6 Å². The van der Waals surface area contributed by atoms with Gasteiger partial charge in [0.05, 0.1) is 31.0 Å². The van der Waals surface area contributed by atoms with Crippen LogP contribution in [0.25, 0.3) is 11.3 Å². The predicted octanol–water partition coefficient (Wildman–Crippen LogP) is 3.75. The summed E-state index contributed by atoms with van der Waals surface area (Å²) in [6, 6.07) is 16.5. The van der Waals surface area contributed by atoms with Gasteiger partial charge in [0.1, 0.15) is 17.6 Å². The van der Waals surface area contributed by atoms with Crippen LogP contribution in [-0.2, 0) is 9.47 Å². The quantitative estimate of drug-likeness (QED) is 0.442. The Bertz CT molecular complexity index is 1070. The molecule has 2 aromatic heterocycles. The van der Waals surface area contributed by atoms with E-state index in [0.717, 1.165) is 17.0 Å². The van der Waals surface area contributed by atoms with Crippen molar-refractivity contribution in [2.24, 2.45) is 0 Å². The highest BCUT2D eigenvalue weighted by Gasteiger charge is 2.41. The van der Waals surface area contributed by atoms with Crippen molar-refractivity contribution in [3.63, 3.8) is 0 Å². The summed E-state index contributed by atoms with van der Waals surface area (Å²) in [5, 5.41) is 4.00. The molecule has 0 unspecified atom stereocenters. The van der Waals surface area contributed by atoms with Crippen LogP contribution in [0.5, 0.6) is 0 Å². The molecule has 0 aliphatic carbocycles. The minimum atomic E-state index is -0.389. The SMILES string of the molecule is COCCN1C(=S)N[C@@H](c2ccccn2)[C@@H]1c1ccc(-c2cccc(C(=O)OC)c2)o1. The number of aromatic nitrogens is 1. The maximum atomic E-state index is 11.9. The van der Waals surface area contributed by atoms with Gasteiger partial charge in [-0.05, 0) is 48.6 Å². The van der Waals surface area contributed by atoms with Gasteiger partial charge in [-0.2, -0.15) is 0 Å². The van der Waals surface area contributed by atoms with Gasteiger partial charge in [-0.15, -0.1) is 0 Å². The molecule has 0 bridgehead atoms. The average Bonchev–Trinajstić information content (AvgIpc) is 3.42. The molecule has 1 aromatic carbocycles. The van der Waals surface area contributed by atoms with Gasteiger partial charge in [-0.3, -0.25) is 4.98 Å². The van der Waals surface area contributed by atoms with Crippen LogP contribution in [0.2, 0.25) is 0 Å². The second kappa shape index (κ2) is 9.28. The van der Waals surface area contributed by atoms with Gasteiger partial charge >= 0.3 is 5.97 Å². The molecule has 1 fully saturated rings. The summed E-state index contributed by atoms with van der Waals surface area (Å²) >= 11 is 5.61. The highest BCUT2D eigenvalue weighted by atomic mass is 32.1. The monoisotopic (exact) mass is 437 g/mol. The number of nitrogens with zero attached hydrogens (tertiary/aromatic N) is 2. The second-order valence-corrected chi connectivity index (χ2v) is 7.47. The summed E-state index contributed by atoms with van der Waals surface area (Å²) in [6.07, 6.45) is 1.76. The number of rotatable bonds is 7. The first-order valence-corrected chi connectivity index (χ1v) is 10.3. The largest absolute Gasteiger partial charge is 0.465 e. The topological polar surface area (TPSA) is 76.8 Å². The summed E-state index contributed by atoms with van der Waals surface area (Å²) in [4.78, 5) is 18.5. The Labute approximate surface area is 186 Å². The molecule has 0 spiro atoms. The first kappa shape index (κ1) is 21.0. The van der Waals surface area contributed by atoms with E-state index in [1.165, 1.54) is 7.11 Å². The first-order valence-electron chi connectivity index (χ1n) is 9.88. The molecule has 0 amide bonds. The summed E-state index contributed by atoms with van der Waals surface area (Å²) in [7, 11) is 3.03. The highest BCUT2D eigenvalue weighted by Crippen LogP contribution is 2.40. The molecule has 1 N–H and O–H groups in total. The van der Waals surface area contributed by atoms with Gasteiger partial charge in [-0.1, -0.05) is 18.2 Å². The Morgan fingerprint density at radius 3 is 2.81 bits per heavy atom. The van der Waals surface area contributed by atoms with E-state index in [4.69, 9.17) is 26.1 Å². The smallest absolute Gasteiger partial charge is 0.337 e. The van der Waals surface area contributed by atoms with Crippen LogP contribution < -0.4 is 5.32 Å². The Morgan fingerprint density at radius 1 is 1.19 bits per heavy atom. The number of hydrogen-bond donors (Lipinski definition) is 1. The normalized spacial score (nSPS) is 18.1. The molecule has 0 saturated carbocycles. The average molecular weight is 438 g/mol. The van der Waals surface area contributed by atoms with Crippen LogP contribution in [0.1, 0.15) is 33.9 Å². The molecule has 1 saturated heterocycles. The summed E-state index contributed by atoms with van der Waals surface area (Å²) in [5.41, 5.74) is 2.13. The Kier molecular flexibility index (Phi) is 6.29. The van der Waals surface area contributed by atoms with Crippen molar-refractivity contribution >= 4 is 23.3 Å². The number of benzene rings is 1. The Morgan fingerprint density at radius 2 is 2.06 bits per heavy atom. The Balaban J connectivity index is 1.69. The van der Waals surface area contributed by atoms with Gasteiger partial charge in [0.2, 0.25) is 0 Å². The molecule has 31 heavy (non-hydrogen) atoms. The number of carbonyl (C=O) groups is 1. The van der Waals surface area contributed by atoms with E-state index in [-0.39, 0.29) is 18.1 Å². The fraction of sp³-hybridized carbons (Fsp3) is 0.261. The minimum absolute atomic E-state index is 0.161. The molecule has 4 rings (SSSR count). The van der Waals surface area contributed by atoms with Gasteiger partial charge in [0.25, 0.3) is 0 Å². The van der Waals surface area contributed by atoms with Gasteiger partial charge in [0, 0.05) is 25.4 Å². The third kappa shape index (κ3) is 4.30. The summed E-state index contributed by atoms with van der Waals surface area (Å²) in [5.74, 6) is 1.02. The lowest BCUT2D eigenvalue weighted by atomic mass is 10.0. The van der Waals surface area contributed by atoms with Gasteiger partial charge in [0.15, 0.2) is 5.11 Å². The molecule has 160 valence electrons. The number of methoxy groups -OCH3 is 2. The van der Waals surface area contributed by atoms with Crippen molar-refractivity contribution in [2.75, 3.05) is 27.4 Å². The lowest BCUT2D eigenvalue weighted by Crippen LogP contribution is -2.32. The van der Waals surface area contributed by atoms with Crippen molar-refractivity contribution in [3.05, 3.63) is 77.8 Å². The number of nitrogens with one attached hydrogen (secondary N) is 1. The zero-order valence-electron chi connectivity index (χ0n) is 17.3. The van der Waals surface area contributed by atoms with Crippen molar-refractivity contribution < 1.29 is 18.7 Å². The number of thiocarbonyl (C=S) groups is 1. The third-order valence-electron chi connectivity index (χ3n) is 5.22. The molecule has 8 heteroatoms. The van der Waals surface area contributed by atoms with Crippen LogP contribution in [0.15, 0.2) is 65.2 Å². The zero-order valence-corrected chi connectivity index (χ0v) is 18.1. The predicted molar refractivity (Wildman–Crippen MR) is 120 cm³/mol. The zero-order chi connectivity index (χ0) is 21.8. The third-order valence-corrected chi connectivity index (χ3v) is 5.57.